The SMILES string of the molecule is CNC(=O)c1c(-c2ccc(F)cc2)oc2ccc(-c3cc(C(=O)CC4(c5ccncn5)CC4)ccc3C)cc12. The third-order valence-corrected chi connectivity index (χ3v) is 7.60. The number of halogens is 1. The third-order valence-electron chi connectivity index (χ3n) is 7.60. The molecule has 0 bridgehead atoms. The second kappa shape index (κ2) is 9.58. The fourth-order valence-electron chi connectivity index (χ4n) is 5.21. The summed E-state index contributed by atoms with van der Waals surface area (Å²) < 4.78 is 19.6. The van der Waals surface area contributed by atoms with Gasteiger partial charge in [0.1, 0.15) is 23.5 Å². The first-order chi connectivity index (χ1) is 18.9. The van der Waals surface area contributed by atoms with Gasteiger partial charge < -0.3 is 9.73 Å². The van der Waals surface area contributed by atoms with Crippen LogP contribution >= 0.6 is 0 Å². The van der Waals surface area contributed by atoms with Crippen LogP contribution in [0.25, 0.3) is 33.4 Å². The molecule has 194 valence electrons. The average molecular weight is 520 g/mol. The Hall–Kier alpha value is -4.65. The van der Waals surface area contributed by atoms with Gasteiger partial charge in [0.05, 0.1) is 11.3 Å². The number of rotatable bonds is 7. The second-order valence-electron chi connectivity index (χ2n) is 10.1. The summed E-state index contributed by atoms with van der Waals surface area (Å²) in [5.74, 6) is -0.221. The normalized spacial score (nSPS) is 13.8. The highest BCUT2D eigenvalue weighted by atomic mass is 19.1. The monoisotopic (exact) mass is 519 g/mol. The number of benzene rings is 3. The zero-order chi connectivity index (χ0) is 27.1. The van der Waals surface area contributed by atoms with Crippen molar-refractivity contribution in [3.05, 3.63) is 107 Å². The molecule has 0 spiro atoms. The molecule has 6 nitrogen and oxygen atoms in total. The third kappa shape index (κ3) is 4.50. The number of carbonyl (C=O) groups excluding carboxylic acids is 2. The lowest BCUT2D eigenvalue weighted by atomic mass is 9.90. The van der Waals surface area contributed by atoms with E-state index >= 15 is 0 Å². The highest BCUT2D eigenvalue weighted by Gasteiger charge is 2.47. The molecule has 1 N–H and O–H groups in total. The average Bonchev–Trinajstić information content (AvgIpc) is 3.65. The summed E-state index contributed by atoms with van der Waals surface area (Å²) in [5.41, 5.74) is 5.66. The number of aryl methyl sites for hydroxylation is 1. The number of furan rings is 1. The molecule has 1 fully saturated rings. The van der Waals surface area contributed by atoms with Crippen molar-refractivity contribution in [3.8, 4) is 22.5 Å². The zero-order valence-corrected chi connectivity index (χ0v) is 21.6. The Balaban J connectivity index is 1.39. The number of nitrogens with zero attached hydrogens (tertiary/aromatic N) is 2. The number of aromatic nitrogens is 2. The highest BCUT2D eigenvalue weighted by Crippen LogP contribution is 2.50. The van der Waals surface area contributed by atoms with Crippen LogP contribution in [0.3, 0.4) is 0 Å². The van der Waals surface area contributed by atoms with Crippen molar-refractivity contribution < 1.29 is 18.4 Å². The molecule has 0 unspecified atom stereocenters. The van der Waals surface area contributed by atoms with Gasteiger partial charge in [-0.2, -0.15) is 0 Å². The summed E-state index contributed by atoms with van der Waals surface area (Å²) >= 11 is 0. The van der Waals surface area contributed by atoms with Gasteiger partial charge in [0, 0.05) is 41.6 Å². The number of fused-ring (bicyclic) bond motifs is 1. The Bertz CT molecular complexity index is 1720. The minimum absolute atomic E-state index is 0.0707. The van der Waals surface area contributed by atoms with E-state index in [9.17, 15) is 14.0 Å². The molecule has 0 atom stereocenters. The van der Waals surface area contributed by atoms with Crippen molar-refractivity contribution in [1.29, 1.82) is 0 Å². The largest absolute Gasteiger partial charge is 0.455 e. The summed E-state index contributed by atoms with van der Waals surface area (Å²) in [4.78, 5) is 34.8. The summed E-state index contributed by atoms with van der Waals surface area (Å²) in [5, 5.41) is 3.33. The van der Waals surface area contributed by atoms with E-state index in [4.69, 9.17) is 4.42 Å². The molecule has 1 amide bonds. The molecule has 6 rings (SSSR count). The van der Waals surface area contributed by atoms with Crippen LogP contribution in [0.5, 0.6) is 0 Å². The van der Waals surface area contributed by atoms with E-state index in [1.54, 1.807) is 25.4 Å². The summed E-state index contributed by atoms with van der Waals surface area (Å²) in [6.45, 7) is 2.00. The first-order valence-corrected chi connectivity index (χ1v) is 12.8. The molecule has 5 aromatic rings. The zero-order valence-electron chi connectivity index (χ0n) is 21.6. The van der Waals surface area contributed by atoms with Crippen LogP contribution in [0, 0.1) is 12.7 Å². The maximum absolute atomic E-state index is 13.5. The second-order valence-corrected chi connectivity index (χ2v) is 10.1. The first kappa shape index (κ1) is 24.7. The lowest BCUT2D eigenvalue weighted by Crippen LogP contribution is -2.18. The minimum Gasteiger partial charge on any atom is -0.455 e. The standard InChI is InChI=1S/C32H26FN3O3/c1-19-3-4-22(26(37)17-32(12-13-32)28-11-14-35-18-36-28)16-24(19)21-7-10-27-25(15-21)29(31(38)34-2)30(39-27)20-5-8-23(33)9-6-20/h3-11,14-16,18H,12-13,17H2,1-2H3,(H,34,38). The van der Waals surface area contributed by atoms with Crippen LogP contribution < -0.4 is 5.32 Å². The fraction of sp³-hybridized carbons (Fsp3) is 0.188. The molecule has 1 aliphatic carbocycles. The van der Waals surface area contributed by atoms with E-state index in [2.05, 4.69) is 15.3 Å². The summed E-state index contributed by atoms with van der Waals surface area (Å²) in [6, 6.07) is 19.2. The predicted molar refractivity (Wildman–Crippen MR) is 147 cm³/mol. The summed E-state index contributed by atoms with van der Waals surface area (Å²) in [6.07, 6.45) is 5.52. The number of amides is 1. The van der Waals surface area contributed by atoms with Gasteiger partial charge in [-0.1, -0.05) is 18.2 Å². The molecule has 0 saturated heterocycles. The van der Waals surface area contributed by atoms with Crippen LogP contribution in [0.1, 0.15) is 51.2 Å². The van der Waals surface area contributed by atoms with Crippen molar-refractivity contribution in [2.45, 2.75) is 31.6 Å². The number of carbonyl (C=O) groups is 2. The number of ketones is 1. The highest BCUT2D eigenvalue weighted by molar-refractivity contribution is 6.12. The molecule has 2 heterocycles. The Morgan fingerprint density at radius 3 is 2.46 bits per heavy atom. The van der Waals surface area contributed by atoms with Crippen molar-refractivity contribution in [2.75, 3.05) is 7.05 Å². The number of hydrogen-bond acceptors (Lipinski definition) is 5. The van der Waals surface area contributed by atoms with E-state index in [0.29, 0.717) is 39.8 Å². The van der Waals surface area contributed by atoms with Gasteiger partial charge >= 0.3 is 0 Å². The van der Waals surface area contributed by atoms with Crippen LogP contribution in [0.2, 0.25) is 0 Å². The van der Waals surface area contributed by atoms with Crippen LogP contribution in [-0.2, 0) is 5.41 Å². The number of hydrogen-bond donors (Lipinski definition) is 1. The van der Waals surface area contributed by atoms with Gasteiger partial charge in [-0.25, -0.2) is 14.4 Å². The Morgan fingerprint density at radius 2 is 1.77 bits per heavy atom. The van der Waals surface area contributed by atoms with Crippen LogP contribution in [0.15, 0.2) is 83.7 Å². The van der Waals surface area contributed by atoms with E-state index in [-0.39, 0.29) is 22.9 Å². The minimum atomic E-state index is -0.367. The van der Waals surface area contributed by atoms with E-state index < -0.39 is 0 Å². The molecule has 7 heteroatoms. The fourth-order valence-corrected chi connectivity index (χ4v) is 5.21. The lowest BCUT2D eigenvalue weighted by Gasteiger charge is -2.14. The van der Waals surface area contributed by atoms with E-state index in [1.165, 1.54) is 18.5 Å². The Labute approximate surface area is 224 Å². The summed E-state index contributed by atoms with van der Waals surface area (Å²) in [7, 11) is 1.56. The Morgan fingerprint density at radius 1 is 1.00 bits per heavy atom. The smallest absolute Gasteiger partial charge is 0.255 e. The first-order valence-electron chi connectivity index (χ1n) is 12.8. The Kier molecular flexibility index (Phi) is 6.06. The topological polar surface area (TPSA) is 85.1 Å². The molecule has 3 aromatic carbocycles. The van der Waals surface area contributed by atoms with Gasteiger partial charge in [-0.05, 0) is 85.0 Å². The maximum atomic E-state index is 13.5. The van der Waals surface area contributed by atoms with Gasteiger partial charge in [0.2, 0.25) is 0 Å². The maximum Gasteiger partial charge on any atom is 0.255 e. The number of nitrogens with one attached hydrogen (secondary N) is 1. The van der Waals surface area contributed by atoms with Gasteiger partial charge in [0.25, 0.3) is 5.91 Å². The van der Waals surface area contributed by atoms with Crippen molar-refractivity contribution >= 4 is 22.7 Å². The van der Waals surface area contributed by atoms with Gasteiger partial charge in [0.15, 0.2) is 5.78 Å². The van der Waals surface area contributed by atoms with Crippen LogP contribution in [0.4, 0.5) is 4.39 Å². The van der Waals surface area contributed by atoms with Crippen LogP contribution in [-0.4, -0.2) is 28.7 Å². The molecule has 1 aliphatic rings. The molecule has 39 heavy (non-hydrogen) atoms. The lowest BCUT2D eigenvalue weighted by molar-refractivity contribution is 0.0958. The molecular weight excluding hydrogens is 493 g/mol. The van der Waals surface area contributed by atoms with Gasteiger partial charge in [-0.3, -0.25) is 9.59 Å². The molecule has 0 aliphatic heterocycles. The van der Waals surface area contributed by atoms with E-state index in [1.807, 2.05) is 49.4 Å². The van der Waals surface area contributed by atoms with Crippen molar-refractivity contribution in [1.82, 2.24) is 15.3 Å². The van der Waals surface area contributed by atoms with E-state index in [0.717, 1.165) is 35.2 Å². The molecule has 0 radical (unpaired) electrons. The predicted octanol–water partition coefficient (Wildman–Crippen LogP) is 6.67. The number of Topliss-reactive ketones (excluding diaryl/α,β-unsaturated/α-hetero) is 1. The van der Waals surface area contributed by atoms with Crippen molar-refractivity contribution in [3.63, 3.8) is 0 Å². The van der Waals surface area contributed by atoms with Crippen molar-refractivity contribution in [2.24, 2.45) is 0 Å². The quantitative estimate of drug-likeness (QED) is 0.243. The molecular formula is C32H26FN3O3. The van der Waals surface area contributed by atoms with Gasteiger partial charge in [-0.15, -0.1) is 0 Å². The molecule has 2 aromatic heterocycles. The molecule has 1 saturated carbocycles.